The van der Waals surface area contributed by atoms with Crippen LogP contribution in [0.1, 0.15) is 17.1 Å². The van der Waals surface area contributed by atoms with Crippen molar-refractivity contribution in [1.29, 1.82) is 0 Å². The molecule has 0 fully saturated rings. The van der Waals surface area contributed by atoms with Gasteiger partial charge in [-0.3, -0.25) is 4.98 Å². The summed E-state index contributed by atoms with van der Waals surface area (Å²) < 4.78 is 4.71. The third-order valence-corrected chi connectivity index (χ3v) is 2.18. The topological polar surface area (TPSA) is 71.2 Å². The molecule has 0 aliphatic rings. The van der Waals surface area contributed by atoms with Crippen molar-refractivity contribution in [2.75, 3.05) is 0 Å². The number of hydrogen-bond donors (Lipinski definition) is 2. The summed E-state index contributed by atoms with van der Waals surface area (Å²) in [5.41, 5.74) is 2.35. The van der Waals surface area contributed by atoms with Crippen LogP contribution in [-0.2, 0) is 13.1 Å². The normalized spacial score (nSPS) is 10.6. The van der Waals surface area contributed by atoms with Gasteiger partial charge in [0.25, 0.3) is 0 Å². The van der Waals surface area contributed by atoms with Crippen LogP contribution in [0.15, 0.2) is 29.0 Å². The van der Waals surface area contributed by atoms with Gasteiger partial charge in [-0.2, -0.15) is 0 Å². The van der Waals surface area contributed by atoms with Crippen LogP contribution in [0.3, 0.4) is 0 Å². The van der Waals surface area contributed by atoms with Gasteiger partial charge in [0.05, 0.1) is 11.4 Å². The maximum atomic E-state index is 9.56. The molecule has 0 saturated carbocycles. The van der Waals surface area contributed by atoms with Gasteiger partial charge in [0.1, 0.15) is 12.0 Å². The molecule has 2 aromatic rings. The summed E-state index contributed by atoms with van der Waals surface area (Å²) in [7, 11) is 0. The van der Waals surface area contributed by atoms with Crippen LogP contribution in [-0.4, -0.2) is 15.2 Å². The molecule has 0 aliphatic carbocycles. The van der Waals surface area contributed by atoms with E-state index in [2.05, 4.69) is 15.5 Å². The van der Waals surface area contributed by atoms with Crippen molar-refractivity contribution < 1.29 is 9.63 Å². The first-order valence-electron chi connectivity index (χ1n) is 5.01. The van der Waals surface area contributed by atoms with Gasteiger partial charge >= 0.3 is 0 Å². The van der Waals surface area contributed by atoms with Gasteiger partial charge in [0.15, 0.2) is 0 Å². The minimum absolute atomic E-state index is 0.207. The molecule has 0 radical (unpaired) electrons. The van der Waals surface area contributed by atoms with Crippen LogP contribution in [0.5, 0.6) is 5.75 Å². The van der Waals surface area contributed by atoms with Crippen LogP contribution in [0.4, 0.5) is 0 Å². The number of aromatic hydroxyl groups is 1. The highest BCUT2D eigenvalue weighted by Gasteiger charge is 2.03. The van der Waals surface area contributed by atoms with Gasteiger partial charge in [-0.1, -0.05) is 5.16 Å². The van der Waals surface area contributed by atoms with Gasteiger partial charge < -0.3 is 14.9 Å². The molecule has 2 rings (SSSR count). The molecular formula is C11H13N3O2. The Morgan fingerprint density at radius 2 is 2.19 bits per heavy atom. The lowest BCUT2D eigenvalue weighted by molar-refractivity contribution is 0.407. The SMILES string of the molecule is Cc1ccc(O)c(CNCc2ccon2)n1. The number of hydrogen-bond acceptors (Lipinski definition) is 5. The molecular weight excluding hydrogens is 206 g/mol. The molecule has 5 heteroatoms. The lowest BCUT2D eigenvalue weighted by atomic mass is 10.3. The van der Waals surface area contributed by atoms with E-state index in [0.29, 0.717) is 18.8 Å². The molecule has 0 unspecified atom stereocenters. The van der Waals surface area contributed by atoms with Crippen molar-refractivity contribution in [2.45, 2.75) is 20.0 Å². The lowest BCUT2D eigenvalue weighted by Crippen LogP contribution is -2.14. The number of nitrogens with one attached hydrogen (secondary N) is 1. The molecule has 84 valence electrons. The predicted molar refractivity (Wildman–Crippen MR) is 57.7 cm³/mol. The van der Waals surface area contributed by atoms with Crippen LogP contribution in [0, 0.1) is 6.92 Å². The highest BCUT2D eigenvalue weighted by molar-refractivity contribution is 5.27. The Bertz CT molecular complexity index is 454. The Morgan fingerprint density at radius 3 is 2.94 bits per heavy atom. The molecule has 2 aromatic heterocycles. The van der Waals surface area contributed by atoms with Crippen molar-refractivity contribution >= 4 is 0 Å². The lowest BCUT2D eigenvalue weighted by Gasteiger charge is -2.05. The third kappa shape index (κ3) is 2.58. The quantitative estimate of drug-likeness (QED) is 0.812. The number of aryl methyl sites for hydroxylation is 1. The third-order valence-electron chi connectivity index (χ3n) is 2.18. The van der Waals surface area contributed by atoms with E-state index in [1.807, 2.05) is 6.92 Å². The molecule has 0 atom stereocenters. The highest BCUT2D eigenvalue weighted by atomic mass is 16.5. The summed E-state index contributed by atoms with van der Waals surface area (Å²) in [5, 5.41) is 16.4. The molecule has 0 aliphatic heterocycles. The molecule has 0 amide bonds. The first kappa shape index (κ1) is 10.6. The highest BCUT2D eigenvalue weighted by Crippen LogP contribution is 2.14. The van der Waals surface area contributed by atoms with Crippen LogP contribution >= 0.6 is 0 Å². The van der Waals surface area contributed by atoms with Crippen LogP contribution in [0.25, 0.3) is 0 Å². The summed E-state index contributed by atoms with van der Waals surface area (Å²) in [6.07, 6.45) is 1.53. The van der Waals surface area contributed by atoms with E-state index in [9.17, 15) is 5.11 Å². The van der Waals surface area contributed by atoms with E-state index in [0.717, 1.165) is 11.4 Å². The predicted octanol–water partition coefficient (Wildman–Crippen LogP) is 1.37. The van der Waals surface area contributed by atoms with Gasteiger partial charge in [-0.15, -0.1) is 0 Å². The molecule has 2 N–H and O–H groups in total. The largest absolute Gasteiger partial charge is 0.506 e. The Morgan fingerprint density at radius 1 is 1.31 bits per heavy atom. The van der Waals surface area contributed by atoms with Gasteiger partial charge in [0, 0.05) is 24.8 Å². The first-order chi connectivity index (χ1) is 7.75. The van der Waals surface area contributed by atoms with E-state index < -0.39 is 0 Å². The minimum Gasteiger partial charge on any atom is -0.506 e. The number of aromatic nitrogens is 2. The molecule has 0 aromatic carbocycles. The van der Waals surface area contributed by atoms with Gasteiger partial charge in [0.2, 0.25) is 0 Å². The molecule has 5 nitrogen and oxygen atoms in total. The smallest absolute Gasteiger partial charge is 0.138 e. The second kappa shape index (κ2) is 4.76. The fourth-order valence-electron chi connectivity index (χ4n) is 1.37. The average molecular weight is 219 g/mol. The van der Waals surface area contributed by atoms with Crippen LogP contribution < -0.4 is 5.32 Å². The monoisotopic (exact) mass is 219 g/mol. The van der Waals surface area contributed by atoms with Crippen molar-refractivity contribution in [2.24, 2.45) is 0 Å². The van der Waals surface area contributed by atoms with Crippen molar-refractivity contribution in [1.82, 2.24) is 15.5 Å². The zero-order valence-electron chi connectivity index (χ0n) is 8.97. The van der Waals surface area contributed by atoms with E-state index in [4.69, 9.17) is 4.52 Å². The second-order valence-corrected chi connectivity index (χ2v) is 3.51. The number of nitrogens with zero attached hydrogens (tertiary/aromatic N) is 2. The molecule has 0 bridgehead atoms. The van der Waals surface area contributed by atoms with E-state index in [1.54, 1.807) is 18.2 Å². The summed E-state index contributed by atoms with van der Waals surface area (Å²) in [6.45, 7) is 2.98. The average Bonchev–Trinajstić information content (AvgIpc) is 2.76. The minimum atomic E-state index is 0.207. The summed E-state index contributed by atoms with van der Waals surface area (Å²) >= 11 is 0. The molecule has 0 spiro atoms. The Hall–Kier alpha value is -1.88. The summed E-state index contributed by atoms with van der Waals surface area (Å²) in [5.74, 6) is 0.207. The Balaban J connectivity index is 1.92. The van der Waals surface area contributed by atoms with Crippen molar-refractivity contribution in [3.05, 3.63) is 41.5 Å². The maximum absolute atomic E-state index is 9.56. The maximum Gasteiger partial charge on any atom is 0.138 e. The van der Waals surface area contributed by atoms with E-state index in [1.165, 1.54) is 6.26 Å². The number of rotatable bonds is 4. The van der Waals surface area contributed by atoms with E-state index in [-0.39, 0.29) is 5.75 Å². The molecule has 16 heavy (non-hydrogen) atoms. The fraction of sp³-hybridized carbons (Fsp3) is 0.273. The first-order valence-corrected chi connectivity index (χ1v) is 5.01. The van der Waals surface area contributed by atoms with Gasteiger partial charge in [-0.25, -0.2) is 0 Å². The number of pyridine rings is 1. The zero-order valence-corrected chi connectivity index (χ0v) is 8.97. The van der Waals surface area contributed by atoms with E-state index >= 15 is 0 Å². The molecule has 2 heterocycles. The van der Waals surface area contributed by atoms with Crippen molar-refractivity contribution in [3.63, 3.8) is 0 Å². The Labute approximate surface area is 93.1 Å². The second-order valence-electron chi connectivity index (χ2n) is 3.51. The summed E-state index contributed by atoms with van der Waals surface area (Å²) in [4.78, 5) is 4.24. The summed E-state index contributed by atoms with van der Waals surface area (Å²) in [6, 6.07) is 5.21. The standard InChI is InChI=1S/C11H13N3O2/c1-8-2-3-11(15)10(13-8)7-12-6-9-4-5-16-14-9/h2-5,12,15H,6-7H2,1H3. The zero-order chi connectivity index (χ0) is 11.4. The Kier molecular flexibility index (Phi) is 3.16. The fourth-order valence-corrected chi connectivity index (χ4v) is 1.37. The van der Waals surface area contributed by atoms with Crippen molar-refractivity contribution in [3.8, 4) is 5.75 Å². The van der Waals surface area contributed by atoms with Crippen LogP contribution in [0.2, 0.25) is 0 Å². The molecule has 0 saturated heterocycles. The van der Waals surface area contributed by atoms with Gasteiger partial charge in [-0.05, 0) is 19.1 Å².